The van der Waals surface area contributed by atoms with Crippen molar-refractivity contribution in [2.24, 2.45) is 0 Å². The van der Waals surface area contributed by atoms with Crippen LogP contribution in [0.1, 0.15) is 0 Å². The van der Waals surface area contributed by atoms with Crippen LogP contribution in [0.5, 0.6) is 17.2 Å². The van der Waals surface area contributed by atoms with Crippen LogP contribution in [0.25, 0.3) is 11.1 Å². The van der Waals surface area contributed by atoms with E-state index in [1.807, 2.05) is 0 Å². The van der Waals surface area contributed by atoms with E-state index in [1.54, 1.807) is 53.9 Å². The standard InChI is InChI=1S/C27H24N4O7S2/c32-21-8-10-22(11-9-21)38-25-7-2-1-6-23(25)24-12-17-39-26(24)40(36,37)30-15-13-29(14-16-30)27(33)28-19-4-3-5-20(18-19)31(34)35/h1-12,17-18,32H,13-16H2,(H,28,33). The molecule has 0 radical (unpaired) electrons. The van der Waals surface area contributed by atoms with E-state index in [4.69, 9.17) is 4.74 Å². The van der Waals surface area contributed by atoms with Crippen LogP contribution in [0.4, 0.5) is 16.2 Å². The number of carbonyl (C=O) groups excluding carboxylic acids is 1. The van der Waals surface area contributed by atoms with E-state index in [0.29, 0.717) is 22.6 Å². The minimum Gasteiger partial charge on any atom is -0.508 e. The molecule has 1 saturated heterocycles. The Morgan fingerprint density at radius 2 is 1.68 bits per heavy atom. The number of para-hydroxylation sites is 1. The van der Waals surface area contributed by atoms with Gasteiger partial charge in [0, 0.05) is 55.1 Å². The normalized spacial score (nSPS) is 14.1. The zero-order chi connectivity index (χ0) is 28.3. The van der Waals surface area contributed by atoms with Gasteiger partial charge >= 0.3 is 6.03 Å². The van der Waals surface area contributed by atoms with E-state index in [9.17, 15) is 28.4 Å². The van der Waals surface area contributed by atoms with Gasteiger partial charge in [-0.3, -0.25) is 10.1 Å². The van der Waals surface area contributed by atoms with E-state index in [2.05, 4.69) is 5.32 Å². The van der Waals surface area contributed by atoms with Gasteiger partial charge in [-0.15, -0.1) is 11.3 Å². The number of ether oxygens (including phenoxy) is 1. The number of phenolic OH excluding ortho intramolecular Hbond substituents is 1. The molecule has 11 nitrogen and oxygen atoms in total. The number of carbonyl (C=O) groups is 1. The maximum Gasteiger partial charge on any atom is 0.321 e. The van der Waals surface area contributed by atoms with Crippen LogP contribution in [0.3, 0.4) is 0 Å². The smallest absolute Gasteiger partial charge is 0.321 e. The number of hydrogen-bond donors (Lipinski definition) is 2. The second-order valence-corrected chi connectivity index (χ2v) is 11.9. The summed E-state index contributed by atoms with van der Waals surface area (Å²) in [5.41, 5.74) is 1.25. The SMILES string of the molecule is O=C(Nc1cccc([N+](=O)[O-])c1)N1CCN(S(=O)(=O)c2sccc2-c2ccccc2Oc2ccc(O)cc2)CC1. The topological polar surface area (TPSA) is 142 Å². The number of benzene rings is 3. The lowest BCUT2D eigenvalue weighted by Gasteiger charge is -2.33. The highest BCUT2D eigenvalue weighted by Crippen LogP contribution is 2.40. The fourth-order valence-corrected chi connectivity index (χ4v) is 7.20. The summed E-state index contributed by atoms with van der Waals surface area (Å²) >= 11 is 1.11. The third-order valence-corrected chi connectivity index (χ3v) is 9.64. The molecule has 1 aliphatic rings. The number of nitrogens with one attached hydrogen (secondary N) is 1. The van der Waals surface area contributed by atoms with E-state index in [0.717, 1.165) is 11.3 Å². The molecule has 206 valence electrons. The van der Waals surface area contributed by atoms with Gasteiger partial charge in [-0.05, 0) is 47.8 Å². The van der Waals surface area contributed by atoms with Gasteiger partial charge in [0.2, 0.25) is 0 Å². The van der Waals surface area contributed by atoms with Crippen molar-refractivity contribution in [3.05, 3.63) is 94.4 Å². The summed E-state index contributed by atoms with van der Waals surface area (Å²) in [6.07, 6.45) is 0. The Morgan fingerprint density at radius 3 is 2.40 bits per heavy atom. The van der Waals surface area contributed by atoms with Crippen LogP contribution in [0, 0.1) is 10.1 Å². The van der Waals surface area contributed by atoms with Crippen molar-refractivity contribution in [1.82, 2.24) is 9.21 Å². The third-order valence-electron chi connectivity index (χ3n) is 6.28. The molecule has 0 atom stereocenters. The predicted molar refractivity (Wildman–Crippen MR) is 150 cm³/mol. The second kappa shape index (κ2) is 11.3. The maximum absolute atomic E-state index is 13.7. The molecule has 0 spiro atoms. The number of thiophene rings is 1. The summed E-state index contributed by atoms with van der Waals surface area (Å²) in [6.45, 7) is 0.490. The molecule has 5 rings (SSSR count). The third kappa shape index (κ3) is 5.76. The zero-order valence-corrected chi connectivity index (χ0v) is 22.6. The van der Waals surface area contributed by atoms with Gasteiger partial charge in [0.1, 0.15) is 21.5 Å². The highest BCUT2D eigenvalue weighted by atomic mass is 32.2. The molecule has 0 unspecified atom stereocenters. The summed E-state index contributed by atoms with van der Waals surface area (Å²) < 4.78 is 34.9. The van der Waals surface area contributed by atoms with Gasteiger partial charge in [-0.25, -0.2) is 13.2 Å². The summed E-state index contributed by atoms with van der Waals surface area (Å²) in [6, 6.07) is 20.2. The predicted octanol–water partition coefficient (Wildman–Crippen LogP) is 5.36. The lowest BCUT2D eigenvalue weighted by atomic mass is 10.1. The number of anilines is 1. The number of amides is 2. The number of nitrogens with zero attached hydrogens (tertiary/aromatic N) is 3. The first-order chi connectivity index (χ1) is 19.2. The lowest BCUT2D eigenvalue weighted by Crippen LogP contribution is -2.51. The number of non-ortho nitro benzene ring substituents is 1. The highest BCUT2D eigenvalue weighted by molar-refractivity contribution is 7.91. The van der Waals surface area contributed by atoms with Crippen LogP contribution in [0.2, 0.25) is 0 Å². The van der Waals surface area contributed by atoms with Crippen molar-refractivity contribution in [3.8, 4) is 28.4 Å². The van der Waals surface area contributed by atoms with Crippen molar-refractivity contribution < 1.29 is 28.0 Å². The number of nitro groups is 1. The van der Waals surface area contributed by atoms with Gasteiger partial charge in [0.15, 0.2) is 0 Å². The first-order valence-corrected chi connectivity index (χ1v) is 14.5. The van der Waals surface area contributed by atoms with E-state index in [-0.39, 0.29) is 47.5 Å². The largest absolute Gasteiger partial charge is 0.508 e. The number of phenols is 1. The summed E-state index contributed by atoms with van der Waals surface area (Å²) in [5, 5.41) is 24.9. The van der Waals surface area contributed by atoms with Crippen molar-refractivity contribution >= 4 is 38.8 Å². The molecule has 1 aliphatic heterocycles. The fraction of sp³-hybridized carbons (Fsp3) is 0.148. The fourth-order valence-electron chi connectivity index (χ4n) is 4.26. The van der Waals surface area contributed by atoms with E-state index >= 15 is 0 Å². The van der Waals surface area contributed by atoms with Crippen LogP contribution in [-0.4, -0.2) is 59.9 Å². The minimum absolute atomic E-state index is 0.0910. The summed E-state index contributed by atoms with van der Waals surface area (Å²) in [4.78, 5) is 24.7. The number of urea groups is 1. The van der Waals surface area contributed by atoms with Crippen molar-refractivity contribution in [1.29, 1.82) is 0 Å². The van der Waals surface area contributed by atoms with Crippen LogP contribution in [-0.2, 0) is 10.0 Å². The average Bonchev–Trinajstić information content (AvgIpc) is 3.46. The molecule has 13 heteroatoms. The van der Waals surface area contributed by atoms with E-state index < -0.39 is 21.0 Å². The molecule has 0 saturated carbocycles. The minimum atomic E-state index is -3.89. The summed E-state index contributed by atoms with van der Waals surface area (Å²) in [5.74, 6) is 1.06. The average molecular weight is 581 g/mol. The van der Waals surface area contributed by atoms with Gasteiger partial charge < -0.3 is 20.1 Å². The molecule has 2 N–H and O–H groups in total. The summed E-state index contributed by atoms with van der Waals surface area (Å²) in [7, 11) is -3.89. The number of rotatable bonds is 7. The number of aromatic hydroxyl groups is 1. The Hall–Kier alpha value is -4.46. The van der Waals surface area contributed by atoms with Crippen molar-refractivity contribution in [2.75, 3.05) is 31.5 Å². The molecule has 40 heavy (non-hydrogen) atoms. The van der Waals surface area contributed by atoms with Gasteiger partial charge in [0.05, 0.1) is 4.92 Å². The number of piperazine rings is 1. The number of sulfonamides is 1. The molecule has 4 aromatic rings. The molecule has 3 aromatic carbocycles. The molecule has 1 fully saturated rings. The van der Waals surface area contributed by atoms with Crippen molar-refractivity contribution in [3.63, 3.8) is 0 Å². The Balaban J connectivity index is 1.30. The van der Waals surface area contributed by atoms with Crippen LogP contribution < -0.4 is 10.1 Å². The molecule has 2 amide bonds. The Morgan fingerprint density at radius 1 is 0.950 bits per heavy atom. The molecule has 1 aromatic heterocycles. The van der Waals surface area contributed by atoms with Crippen molar-refractivity contribution in [2.45, 2.75) is 4.21 Å². The molecular formula is C27H24N4O7S2. The van der Waals surface area contributed by atoms with Gasteiger partial charge in [-0.1, -0.05) is 24.3 Å². The van der Waals surface area contributed by atoms with Crippen LogP contribution >= 0.6 is 11.3 Å². The highest BCUT2D eigenvalue weighted by Gasteiger charge is 2.33. The second-order valence-electron chi connectivity index (χ2n) is 8.84. The Bertz CT molecular complexity index is 1650. The van der Waals surface area contributed by atoms with Crippen LogP contribution in [0.15, 0.2) is 88.5 Å². The molecule has 0 aliphatic carbocycles. The van der Waals surface area contributed by atoms with E-state index in [1.165, 1.54) is 39.5 Å². The Kier molecular flexibility index (Phi) is 7.69. The monoisotopic (exact) mass is 580 g/mol. The first kappa shape index (κ1) is 27.1. The first-order valence-electron chi connectivity index (χ1n) is 12.2. The molecule has 0 bridgehead atoms. The molecule has 2 heterocycles. The zero-order valence-electron chi connectivity index (χ0n) is 21.0. The van der Waals surface area contributed by atoms with Gasteiger partial charge in [-0.2, -0.15) is 4.31 Å². The number of nitro benzene ring substituents is 1. The van der Waals surface area contributed by atoms with Gasteiger partial charge in [0.25, 0.3) is 15.7 Å². The lowest BCUT2D eigenvalue weighted by molar-refractivity contribution is -0.384. The Labute approximate surface area is 234 Å². The maximum atomic E-state index is 13.7. The number of hydrogen-bond acceptors (Lipinski definition) is 8. The quantitative estimate of drug-likeness (QED) is 0.221. The molecular weight excluding hydrogens is 556 g/mol.